The molecule has 98 valence electrons. The summed E-state index contributed by atoms with van der Waals surface area (Å²) in [6.45, 7) is 8.88. The van der Waals surface area contributed by atoms with Crippen molar-refractivity contribution in [3.63, 3.8) is 0 Å². The first-order valence-electron chi connectivity index (χ1n) is 6.37. The fourth-order valence-corrected chi connectivity index (χ4v) is 1.83. The van der Waals surface area contributed by atoms with Crippen molar-refractivity contribution in [2.24, 2.45) is 5.92 Å². The van der Waals surface area contributed by atoms with Gasteiger partial charge in [-0.05, 0) is 26.8 Å². The molecule has 1 aliphatic rings. The average Bonchev–Trinajstić information content (AvgIpc) is 2.73. The minimum Gasteiger partial charge on any atom is -0.379 e. The van der Waals surface area contributed by atoms with E-state index in [1.54, 1.807) is 0 Å². The summed E-state index contributed by atoms with van der Waals surface area (Å²) in [4.78, 5) is 11.9. The van der Waals surface area contributed by atoms with Gasteiger partial charge in [-0.1, -0.05) is 18.6 Å². The molecule has 0 spiro atoms. The molecule has 2 atom stereocenters. The lowest BCUT2D eigenvalue weighted by Crippen LogP contribution is -2.44. The first-order valence-corrected chi connectivity index (χ1v) is 6.37. The lowest BCUT2D eigenvalue weighted by atomic mass is 10.0. The Labute approximate surface area is 104 Å². The molecule has 0 aliphatic carbocycles. The van der Waals surface area contributed by atoms with Gasteiger partial charge in [-0.15, -0.1) is 0 Å². The van der Waals surface area contributed by atoms with Crippen LogP contribution in [0, 0.1) is 5.92 Å². The Hall–Kier alpha value is -0.870. The van der Waals surface area contributed by atoms with Crippen LogP contribution in [0.4, 0.5) is 0 Å². The van der Waals surface area contributed by atoms with Gasteiger partial charge in [-0.3, -0.25) is 4.79 Å². The molecule has 2 unspecified atom stereocenters. The molecular weight excluding hydrogens is 216 g/mol. The second-order valence-corrected chi connectivity index (χ2v) is 4.73. The maximum Gasteiger partial charge on any atom is 0.227 e. The summed E-state index contributed by atoms with van der Waals surface area (Å²) in [6.07, 6.45) is 3.09. The van der Waals surface area contributed by atoms with Gasteiger partial charge in [0.15, 0.2) is 0 Å². The summed E-state index contributed by atoms with van der Waals surface area (Å²) in [7, 11) is 0. The molecule has 0 radical (unpaired) electrons. The van der Waals surface area contributed by atoms with E-state index in [0.717, 1.165) is 13.0 Å². The number of nitrogens with one attached hydrogen (secondary N) is 2. The molecule has 1 heterocycles. The lowest BCUT2D eigenvalue weighted by molar-refractivity contribution is -0.125. The Morgan fingerprint density at radius 3 is 2.82 bits per heavy atom. The van der Waals surface area contributed by atoms with Gasteiger partial charge in [0.1, 0.15) is 0 Å². The smallest absolute Gasteiger partial charge is 0.227 e. The van der Waals surface area contributed by atoms with Gasteiger partial charge in [0.05, 0.1) is 19.1 Å². The minimum absolute atomic E-state index is 0.0490. The molecule has 4 nitrogen and oxygen atoms in total. The third-order valence-electron chi connectivity index (χ3n) is 2.86. The van der Waals surface area contributed by atoms with Crippen LogP contribution in [0.5, 0.6) is 0 Å². The van der Waals surface area contributed by atoms with Crippen LogP contribution < -0.4 is 10.6 Å². The highest BCUT2D eigenvalue weighted by Crippen LogP contribution is 2.13. The topological polar surface area (TPSA) is 50.4 Å². The molecule has 0 aromatic heterocycles. The molecule has 0 aromatic carbocycles. The Morgan fingerprint density at radius 1 is 1.41 bits per heavy atom. The van der Waals surface area contributed by atoms with Crippen LogP contribution in [0.25, 0.3) is 0 Å². The zero-order valence-corrected chi connectivity index (χ0v) is 11.1. The fraction of sp³-hybridized carbons (Fsp3) is 0.769. The zero-order valence-electron chi connectivity index (χ0n) is 11.1. The maximum absolute atomic E-state index is 11.9. The zero-order chi connectivity index (χ0) is 12.7. The van der Waals surface area contributed by atoms with Gasteiger partial charge in [0.25, 0.3) is 0 Å². The highest BCUT2D eigenvalue weighted by molar-refractivity contribution is 5.80. The summed E-state index contributed by atoms with van der Waals surface area (Å²) in [5.41, 5.74) is 1.22. The Bertz CT molecular complexity index is 273. The summed E-state index contributed by atoms with van der Waals surface area (Å²) < 4.78 is 5.38. The van der Waals surface area contributed by atoms with Crippen molar-refractivity contribution in [1.82, 2.24) is 10.6 Å². The summed E-state index contributed by atoms with van der Waals surface area (Å²) in [5, 5.41) is 6.29. The van der Waals surface area contributed by atoms with Crippen molar-refractivity contribution < 1.29 is 9.53 Å². The Kier molecular flexibility index (Phi) is 6.22. The molecular formula is C13H24N2O2. The van der Waals surface area contributed by atoms with Crippen LogP contribution in [-0.2, 0) is 9.53 Å². The van der Waals surface area contributed by atoms with Gasteiger partial charge in [0.2, 0.25) is 5.91 Å². The predicted molar refractivity (Wildman–Crippen MR) is 68.8 cm³/mol. The van der Waals surface area contributed by atoms with E-state index in [1.165, 1.54) is 5.57 Å². The molecule has 4 heteroatoms. The summed E-state index contributed by atoms with van der Waals surface area (Å²) in [6, 6.07) is 0.168. The van der Waals surface area contributed by atoms with Crippen LogP contribution in [-0.4, -0.2) is 38.3 Å². The monoisotopic (exact) mass is 240 g/mol. The number of rotatable bonds is 6. The van der Waals surface area contributed by atoms with Crippen molar-refractivity contribution >= 4 is 5.91 Å². The largest absolute Gasteiger partial charge is 0.379 e. The molecule has 1 rings (SSSR count). The fourth-order valence-electron chi connectivity index (χ4n) is 1.83. The number of carbonyl (C=O) groups excluding carboxylic acids is 1. The highest BCUT2D eigenvalue weighted by atomic mass is 16.5. The molecule has 17 heavy (non-hydrogen) atoms. The maximum atomic E-state index is 11.9. The number of hydrogen-bond donors (Lipinski definition) is 2. The molecule has 0 saturated carbocycles. The lowest BCUT2D eigenvalue weighted by Gasteiger charge is -2.17. The number of ether oxygens (including phenoxy) is 1. The van der Waals surface area contributed by atoms with Crippen molar-refractivity contribution in [3.8, 4) is 0 Å². The van der Waals surface area contributed by atoms with Gasteiger partial charge in [-0.2, -0.15) is 0 Å². The Morgan fingerprint density at radius 2 is 2.18 bits per heavy atom. The van der Waals surface area contributed by atoms with Gasteiger partial charge < -0.3 is 15.4 Å². The van der Waals surface area contributed by atoms with Crippen molar-refractivity contribution in [3.05, 3.63) is 11.6 Å². The van der Waals surface area contributed by atoms with Crippen LogP contribution in [0.3, 0.4) is 0 Å². The van der Waals surface area contributed by atoms with E-state index in [1.807, 2.05) is 19.9 Å². The average molecular weight is 240 g/mol. The first-order chi connectivity index (χ1) is 8.15. The molecule has 1 fully saturated rings. The van der Waals surface area contributed by atoms with Gasteiger partial charge in [0, 0.05) is 12.6 Å². The van der Waals surface area contributed by atoms with E-state index in [4.69, 9.17) is 4.74 Å². The number of carbonyl (C=O) groups is 1. The third kappa shape index (κ3) is 4.88. The molecule has 1 aliphatic heterocycles. The predicted octanol–water partition coefficient (Wildman–Crippen LogP) is 1.08. The van der Waals surface area contributed by atoms with E-state index in [-0.39, 0.29) is 17.9 Å². The summed E-state index contributed by atoms with van der Waals surface area (Å²) >= 11 is 0. The molecule has 2 N–H and O–H groups in total. The quantitative estimate of drug-likeness (QED) is 0.683. The molecule has 1 saturated heterocycles. The first kappa shape index (κ1) is 14.2. The van der Waals surface area contributed by atoms with E-state index in [0.29, 0.717) is 19.8 Å². The number of amides is 1. The van der Waals surface area contributed by atoms with E-state index < -0.39 is 0 Å². The molecule has 0 bridgehead atoms. The normalized spacial score (nSPS) is 23.5. The van der Waals surface area contributed by atoms with Crippen molar-refractivity contribution in [2.75, 3.05) is 26.3 Å². The highest BCUT2D eigenvalue weighted by Gasteiger charge is 2.33. The SMILES string of the molecule is CCCNC1COCC1C(=O)NCC=C(C)C. The van der Waals surface area contributed by atoms with E-state index in [2.05, 4.69) is 17.6 Å². The second kappa shape index (κ2) is 7.45. The molecule has 1 amide bonds. The van der Waals surface area contributed by atoms with Crippen molar-refractivity contribution in [1.29, 1.82) is 0 Å². The number of hydrogen-bond acceptors (Lipinski definition) is 3. The van der Waals surface area contributed by atoms with Crippen LogP contribution in [0.2, 0.25) is 0 Å². The van der Waals surface area contributed by atoms with Crippen molar-refractivity contribution in [2.45, 2.75) is 33.2 Å². The standard InChI is InChI=1S/C13H24N2O2/c1-4-6-14-12-9-17-8-11(12)13(16)15-7-5-10(2)3/h5,11-12,14H,4,6-9H2,1-3H3,(H,15,16). The summed E-state index contributed by atoms with van der Waals surface area (Å²) in [5.74, 6) is 0.0423. The van der Waals surface area contributed by atoms with Gasteiger partial charge >= 0.3 is 0 Å². The van der Waals surface area contributed by atoms with Crippen LogP contribution in [0.15, 0.2) is 11.6 Å². The van der Waals surface area contributed by atoms with Gasteiger partial charge in [-0.25, -0.2) is 0 Å². The Balaban J connectivity index is 2.36. The third-order valence-corrected chi connectivity index (χ3v) is 2.86. The van der Waals surface area contributed by atoms with E-state index in [9.17, 15) is 4.79 Å². The van der Waals surface area contributed by atoms with E-state index >= 15 is 0 Å². The number of allylic oxidation sites excluding steroid dienone is 1. The van der Waals surface area contributed by atoms with Crippen LogP contribution >= 0.6 is 0 Å². The minimum atomic E-state index is -0.0490. The molecule has 0 aromatic rings. The van der Waals surface area contributed by atoms with Crippen LogP contribution in [0.1, 0.15) is 27.2 Å². The second-order valence-electron chi connectivity index (χ2n) is 4.73.